The summed E-state index contributed by atoms with van der Waals surface area (Å²) in [6.07, 6.45) is 0. The molecule has 3 rings (SSSR count). The molecule has 1 aromatic heterocycles. The zero-order valence-corrected chi connectivity index (χ0v) is 12.5. The van der Waals surface area contributed by atoms with Gasteiger partial charge in [-0.25, -0.2) is 4.79 Å². The smallest absolute Gasteiger partial charge is 0.336 e. The Hall–Kier alpha value is -2.30. The van der Waals surface area contributed by atoms with Crippen molar-refractivity contribution in [3.63, 3.8) is 0 Å². The van der Waals surface area contributed by atoms with Crippen LogP contribution in [-0.4, -0.2) is 11.1 Å². The molecule has 0 amide bonds. The van der Waals surface area contributed by atoms with E-state index in [9.17, 15) is 14.7 Å². The van der Waals surface area contributed by atoms with Gasteiger partial charge in [0.15, 0.2) is 11.0 Å². The lowest BCUT2D eigenvalue weighted by Gasteiger charge is -2.07. The van der Waals surface area contributed by atoms with Crippen molar-refractivity contribution in [2.75, 3.05) is 0 Å². The van der Waals surface area contributed by atoms with E-state index in [0.717, 1.165) is 0 Å². The average Bonchev–Trinajstić information content (AvgIpc) is 2.48. The molecule has 0 spiro atoms. The highest BCUT2D eigenvalue weighted by Gasteiger charge is 2.16. The van der Waals surface area contributed by atoms with Gasteiger partial charge >= 0.3 is 5.97 Å². The van der Waals surface area contributed by atoms with Crippen molar-refractivity contribution in [3.05, 3.63) is 68.3 Å². The SMILES string of the molecule is O=C(O)c1ccccc1-c1cc(=O)c2cc(Cl)cc(Cl)c2o1. The Kier molecular flexibility index (Phi) is 3.64. The molecule has 0 atom stereocenters. The minimum absolute atomic E-state index is 0.0371. The number of carboxylic acids is 1. The number of rotatable bonds is 2. The van der Waals surface area contributed by atoms with Crippen molar-refractivity contribution in [3.8, 4) is 11.3 Å². The molecule has 6 heteroatoms. The normalized spacial score (nSPS) is 10.8. The molecule has 0 radical (unpaired) electrons. The van der Waals surface area contributed by atoms with Crippen LogP contribution in [0.3, 0.4) is 0 Å². The summed E-state index contributed by atoms with van der Waals surface area (Å²) in [5, 5.41) is 9.99. The summed E-state index contributed by atoms with van der Waals surface area (Å²) < 4.78 is 5.65. The molecule has 1 heterocycles. The first-order valence-corrected chi connectivity index (χ1v) is 6.98. The Morgan fingerprint density at radius 2 is 1.82 bits per heavy atom. The second-order valence-corrected chi connectivity index (χ2v) is 5.43. The summed E-state index contributed by atoms with van der Waals surface area (Å²) in [4.78, 5) is 23.5. The number of aromatic carboxylic acids is 1. The van der Waals surface area contributed by atoms with Crippen LogP contribution in [-0.2, 0) is 0 Å². The molecule has 0 saturated heterocycles. The number of fused-ring (bicyclic) bond motifs is 1. The van der Waals surface area contributed by atoms with E-state index in [1.165, 1.54) is 24.3 Å². The number of hydrogen-bond donors (Lipinski definition) is 1. The summed E-state index contributed by atoms with van der Waals surface area (Å²) in [6, 6.07) is 10.4. The predicted molar refractivity (Wildman–Crippen MR) is 84.9 cm³/mol. The van der Waals surface area contributed by atoms with Crippen LogP contribution in [0.15, 0.2) is 51.7 Å². The second kappa shape index (κ2) is 5.48. The Balaban J connectivity index is 2.35. The van der Waals surface area contributed by atoms with Crippen LogP contribution in [0.25, 0.3) is 22.3 Å². The maximum atomic E-state index is 12.2. The summed E-state index contributed by atoms with van der Waals surface area (Å²) in [6.45, 7) is 0. The van der Waals surface area contributed by atoms with Gasteiger partial charge in [0.1, 0.15) is 5.76 Å². The summed E-state index contributed by atoms with van der Waals surface area (Å²) in [5.41, 5.74) is 0.171. The molecule has 4 nitrogen and oxygen atoms in total. The first kappa shape index (κ1) is 14.6. The molecule has 0 aliphatic carbocycles. The second-order valence-electron chi connectivity index (χ2n) is 4.59. The van der Waals surface area contributed by atoms with Gasteiger partial charge in [0.25, 0.3) is 0 Å². The molecule has 0 unspecified atom stereocenters. The monoisotopic (exact) mass is 334 g/mol. The van der Waals surface area contributed by atoms with Crippen molar-refractivity contribution >= 4 is 40.1 Å². The van der Waals surface area contributed by atoms with Gasteiger partial charge in [0.05, 0.1) is 16.0 Å². The van der Waals surface area contributed by atoms with E-state index in [2.05, 4.69) is 0 Å². The van der Waals surface area contributed by atoms with E-state index >= 15 is 0 Å². The Morgan fingerprint density at radius 3 is 2.55 bits per heavy atom. The van der Waals surface area contributed by atoms with Crippen LogP contribution in [0.2, 0.25) is 10.0 Å². The molecule has 2 aromatic carbocycles. The van der Waals surface area contributed by atoms with Crippen LogP contribution in [0.4, 0.5) is 0 Å². The third-order valence-corrected chi connectivity index (χ3v) is 3.67. The Morgan fingerprint density at radius 1 is 1.09 bits per heavy atom. The highest BCUT2D eigenvalue weighted by Crippen LogP contribution is 2.30. The van der Waals surface area contributed by atoms with Crippen molar-refractivity contribution in [2.45, 2.75) is 0 Å². The molecule has 3 aromatic rings. The van der Waals surface area contributed by atoms with Crippen LogP contribution in [0.1, 0.15) is 10.4 Å². The fourth-order valence-corrected chi connectivity index (χ4v) is 2.73. The first-order valence-electron chi connectivity index (χ1n) is 6.23. The zero-order valence-electron chi connectivity index (χ0n) is 11.0. The molecule has 0 aliphatic rings. The molecule has 0 bridgehead atoms. The molecule has 0 saturated carbocycles. The standard InChI is InChI=1S/C16H8Cl2O4/c17-8-5-11-13(19)7-14(22-15(11)12(18)6-8)9-3-1-2-4-10(9)16(20)21/h1-7H,(H,20,21). The summed E-state index contributed by atoms with van der Waals surface area (Å²) >= 11 is 11.9. The molecular formula is C16H8Cl2O4. The lowest BCUT2D eigenvalue weighted by Crippen LogP contribution is -2.04. The van der Waals surface area contributed by atoms with Crippen molar-refractivity contribution in [2.24, 2.45) is 0 Å². The topological polar surface area (TPSA) is 67.5 Å². The molecule has 110 valence electrons. The molecule has 0 fully saturated rings. The molecular weight excluding hydrogens is 327 g/mol. The molecule has 1 N–H and O–H groups in total. The third kappa shape index (κ3) is 2.47. The summed E-state index contributed by atoms with van der Waals surface area (Å²) in [7, 11) is 0. The van der Waals surface area contributed by atoms with E-state index in [-0.39, 0.29) is 32.7 Å². The van der Waals surface area contributed by atoms with Gasteiger partial charge in [-0.1, -0.05) is 41.4 Å². The third-order valence-electron chi connectivity index (χ3n) is 3.17. The lowest BCUT2D eigenvalue weighted by molar-refractivity contribution is 0.0697. The minimum Gasteiger partial charge on any atom is -0.478 e. The van der Waals surface area contributed by atoms with Gasteiger partial charge in [0.2, 0.25) is 0 Å². The van der Waals surface area contributed by atoms with Gasteiger partial charge in [-0.05, 0) is 18.2 Å². The number of benzene rings is 2. The fraction of sp³-hybridized carbons (Fsp3) is 0. The van der Waals surface area contributed by atoms with E-state index in [1.807, 2.05) is 0 Å². The van der Waals surface area contributed by atoms with Crippen LogP contribution < -0.4 is 5.43 Å². The number of halogens is 2. The first-order chi connectivity index (χ1) is 10.5. The van der Waals surface area contributed by atoms with E-state index in [0.29, 0.717) is 10.6 Å². The highest BCUT2D eigenvalue weighted by molar-refractivity contribution is 6.38. The molecule has 0 aliphatic heterocycles. The van der Waals surface area contributed by atoms with Gasteiger partial charge in [0, 0.05) is 16.7 Å². The van der Waals surface area contributed by atoms with E-state index in [1.54, 1.807) is 18.2 Å². The molecule has 22 heavy (non-hydrogen) atoms. The van der Waals surface area contributed by atoms with Gasteiger partial charge in [-0.2, -0.15) is 0 Å². The fourth-order valence-electron chi connectivity index (χ4n) is 2.20. The lowest BCUT2D eigenvalue weighted by atomic mass is 10.0. The van der Waals surface area contributed by atoms with Gasteiger partial charge in [-0.3, -0.25) is 4.79 Å². The quantitative estimate of drug-likeness (QED) is 0.750. The number of carboxylic acid groups (broad SMARTS) is 1. The minimum atomic E-state index is -1.11. The van der Waals surface area contributed by atoms with Crippen LogP contribution in [0.5, 0.6) is 0 Å². The van der Waals surface area contributed by atoms with Crippen LogP contribution in [0, 0.1) is 0 Å². The van der Waals surface area contributed by atoms with Gasteiger partial charge < -0.3 is 9.52 Å². The average molecular weight is 335 g/mol. The van der Waals surface area contributed by atoms with Crippen LogP contribution >= 0.6 is 23.2 Å². The largest absolute Gasteiger partial charge is 0.478 e. The maximum Gasteiger partial charge on any atom is 0.336 e. The number of carbonyl (C=O) groups is 1. The Labute approximate surface area is 134 Å². The zero-order chi connectivity index (χ0) is 15.9. The summed E-state index contributed by atoms with van der Waals surface area (Å²) in [5.74, 6) is -0.972. The van der Waals surface area contributed by atoms with E-state index < -0.39 is 5.97 Å². The highest BCUT2D eigenvalue weighted by atomic mass is 35.5. The van der Waals surface area contributed by atoms with Crippen molar-refractivity contribution < 1.29 is 14.3 Å². The van der Waals surface area contributed by atoms with E-state index in [4.69, 9.17) is 27.6 Å². The van der Waals surface area contributed by atoms with Crippen molar-refractivity contribution in [1.82, 2.24) is 0 Å². The van der Waals surface area contributed by atoms with Gasteiger partial charge in [-0.15, -0.1) is 0 Å². The van der Waals surface area contributed by atoms with Crippen molar-refractivity contribution in [1.29, 1.82) is 0 Å². The maximum absolute atomic E-state index is 12.2. The number of hydrogen-bond acceptors (Lipinski definition) is 3. The predicted octanol–water partition coefficient (Wildman–Crippen LogP) is 4.47. The Bertz CT molecular complexity index is 960.